The average molecular weight is 979 g/mol. The Kier molecular flexibility index (Phi) is 20.1. The quantitative estimate of drug-likeness (QED) is 0.0684. The van der Waals surface area contributed by atoms with Crippen LogP contribution in [0.1, 0.15) is 230 Å². The minimum atomic E-state index is -0.213. The maximum atomic E-state index is 12.4. The van der Waals surface area contributed by atoms with Crippen molar-refractivity contribution in [3.05, 3.63) is 115 Å². The van der Waals surface area contributed by atoms with Crippen molar-refractivity contribution in [2.45, 2.75) is 229 Å². The molecule has 0 aliphatic rings. The first kappa shape index (κ1) is 60.3. The normalized spacial score (nSPS) is 12.6. The molecule has 0 aromatic heterocycles. The number of benzene rings is 4. The number of phenols is 4. The van der Waals surface area contributed by atoms with Crippen LogP contribution < -0.4 is 0 Å². The fourth-order valence-electron chi connectivity index (χ4n) is 8.86. The van der Waals surface area contributed by atoms with Crippen LogP contribution in [0.5, 0.6) is 23.0 Å². The van der Waals surface area contributed by atoms with Crippen molar-refractivity contribution >= 4 is 11.9 Å². The fourth-order valence-corrected chi connectivity index (χ4v) is 8.86. The van der Waals surface area contributed by atoms with Gasteiger partial charge in [-0.3, -0.25) is 9.59 Å². The molecule has 8 nitrogen and oxygen atoms in total. The molecule has 4 aromatic carbocycles. The van der Waals surface area contributed by atoms with Gasteiger partial charge in [-0.05, 0) is 140 Å². The first-order valence-electron chi connectivity index (χ1n) is 26.0. The largest absolute Gasteiger partial charge is 0.507 e. The molecule has 4 rings (SSSR count). The summed E-state index contributed by atoms with van der Waals surface area (Å²) < 4.78 is 11.0. The zero-order valence-corrected chi connectivity index (χ0v) is 47.8. The summed E-state index contributed by atoms with van der Waals surface area (Å²) in [7, 11) is 0. The lowest BCUT2D eigenvalue weighted by Gasteiger charge is -2.28. The predicted octanol–water partition coefficient (Wildman–Crippen LogP) is 15.4. The molecule has 0 atom stereocenters. The highest BCUT2D eigenvalue weighted by Crippen LogP contribution is 2.43. The van der Waals surface area contributed by atoms with E-state index in [0.717, 1.165) is 92.4 Å². The lowest BCUT2D eigenvalue weighted by molar-refractivity contribution is -0.145. The van der Waals surface area contributed by atoms with Gasteiger partial charge in [0, 0.05) is 19.3 Å². The van der Waals surface area contributed by atoms with E-state index < -0.39 is 0 Å². The maximum absolute atomic E-state index is 12.4. The molecule has 0 heterocycles. The number of hydrogen-bond donors (Lipinski definition) is 4. The third kappa shape index (κ3) is 17.9. The second kappa shape index (κ2) is 23.7. The summed E-state index contributed by atoms with van der Waals surface area (Å²) >= 11 is 0. The maximum Gasteiger partial charge on any atom is 0.306 e. The number of esters is 2. The zero-order valence-electron chi connectivity index (χ0n) is 47.8. The van der Waals surface area contributed by atoms with Crippen LogP contribution in [0, 0.1) is 13.8 Å². The first-order chi connectivity index (χ1) is 32.3. The van der Waals surface area contributed by atoms with Gasteiger partial charge >= 0.3 is 11.9 Å². The van der Waals surface area contributed by atoms with Crippen molar-refractivity contribution in [3.8, 4) is 23.0 Å². The molecule has 0 aliphatic heterocycles. The number of aryl methyl sites for hydroxylation is 4. The Labute approximate surface area is 430 Å². The highest BCUT2D eigenvalue weighted by molar-refractivity contribution is 5.70. The predicted molar refractivity (Wildman–Crippen MR) is 294 cm³/mol. The van der Waals surface area contributed by atoms with Gasteiger partial charge in [0.15, 0.2) is 0 Å². The monoisotopic (exact) mass is 979 g/mol. The number of aromatic hydroxyl groups is 4. The minimum Gasteiger partial charge on any atom is -0.507 e. The molecule has 0 amide bonds. The topological polar surface area (TPSA) is 134 Å². The van der Waals surface area contributed by atoms with E-state index in [4.69, 9.17) is 9.47 Å². The summed E-state index contributed by atoms with van der Waals surface area (Å²) in [6.07, 6.45) is 5.59. The Hall–Kier alpha value is -4.98. The molecule has 0 saturated heterocycles. The Morgan fingerprint density at radius 1 is 0.380 bits per heavy atom. The summed E-state index contributed by atoms with van der Waals surface area (Å²) in [4.78, 5) is 24.9. The Morgan fingerprint density at radius 3 is 0.887 bits per heavy atom. The highest BCUT2D eigenvalue weighted by Gasteiger charge is 2.29. The van der Waals surface area contributed by atoms with Gasteiger partial charge < -0.3 is 29.9 Å². The number of ether oxygens (including phenoxy) is 2. The van der Waals surface area contributed by atoms with E-state index in [1.54, 1.807) is 0 Å². The molecule has 4 aromatic rings. The molecule has 0 unspecified atom stereocenters. The van der Waals surface area contributed by atoms with Crippen molar-refractivity contribution in [2.75, 3.05) is 13.2 Å². The number of rotatable bonds is 15. The molecule has 0 aliphatic carbocycles. The molecule has 4 N–H and O–H groups in total. The molecule has 0 fully saturated rings. The third-order valence-corrected chi connectivity index (χ3v) is 13.0. The Balaban J connectivity index is 0.000000446. The zero-order chi connectivity index (χ0) is 54.2. The molecular weight excluding hydrogens is 885 g/mol. The highest BCUT2D eigenvalue weighted by atomic mass is 16.5. The molecule has 0 saturated carbocycles. The molecule has 0 bridgehead atoms. The van der Waals surface area contributed by atoms with Gasteiger partial charge in [0.1, 0.15) is 23.0 Å². The van der Waals surface area contributed by atoms with Crippen molar-refractivity contribution in [2.24, 2.45) is 0 Å². The SMILES string of the molecule is CC(C)(C)c1cc(CCC(=O)OCCCCCCOC(=O)CCc2cc(C(C)(C)C)c(O)c(C(C)(C)C)c2)cc(C(C)(C)C)c1O.Cc1cc(Cc2cc(C)cc(C(C)(C)C)c2O)c(O)c(C(C)(C)C)c1. The van der Waals surface area contributed by atoms with Gasteiger partial charge in [-0.1, -0.05) is 184 Å². The summed E-state index contributed by atoms with van der Waals surface area (Å²) in [5.41, 5.74) is 10.5. The van der Waals surface area contributed by atoms with Crippen LogP contribution in [0.3, 0.4) is 0 Å². The Morgan fingerprint density at radius 2 is 0.634 bits per heavy atom. The van der Waals surface area contributed by atoms with Gasteiger partial charge in [0.25, 0.3) is 0 Å². The summed E-state index contributed by atoms with van der Waals surface area (Å²) in [5.74, 6) is 0.954. The van der Waals surface area contributed by atoms with E-state index in [0.29, 0.717) is 68.3 Å². The number of phenolic OH excluding ortho intramolecular Hbond substituents is 4. The number of carbonyl (C=O) groups excluding carboxylic acids is 2. The third-order valence-electron chi connectivity index (χ3n) is 13.0. The van der Waals surface area contributed by atoms with Crippen molar-refractivity contribution < 1.29 is 39.5 Å². The van der Waals surface area contributed by atoms with Gasteiger partial charge in [-0.25, -0.2) is 0 Å². The van der Waals surface area contributed by atoms with Gasteiger partial charge in [0.05, 0.1) is 13.2 Å². The van der Waals surface area contributed by atoms with Crippen LogP contribution in [0.25, 0.3) is 0 Å². The molecule has 0 spiro atoms. The number of unbranched alkanes of at least 4 members (excludes halogenated alkanes) is 3. The van der Waals surface area contributed by atoms with E-state index in [-0.39, 0.29) is 44.4 Å². The summed E-state index contributed by atoms with van der Waals surface area (Å²) in [6.45, 7) is 42.5. The standard InChI is InChI=1S/C40H62O6.C23H32O2/c1-37(2,3)29-23-27(24-30(35(29)43)38(4,5)6)17-19-33(41)45-21-15-13-14-16-22-46-34(42)20-18-28-25-31(39(7,8)9)36(44)32(26-28)40(10,11)12;1-14-9-16(20(24)18(11-14)22(3,4)5)13-17-10-15(2)12-19(21(17)25)23(6,7)8/h23-26,43-44H,13-22H2,1-12H3;9-12,24-25H,13H2,1-8H3. The van der Waals surface area contributed by atoms with Gasteiger partial charge in [-0.15, -0.1) is 0 Å². The fraction of sp³-hybridized carbons (Fsp3) is 0.587. The summed E-state index contributed by atoms with van der Waals surface area (Å²) in [5, 5.41) is 43.5. The van der Waals surface area contributed by atoms with E-state index in [1.165, 1.54) is 0 Å². The van der Waals surface area contributed by atoms with Crippen LogP contribution in [-0.2, 0) is 70.8 Å². The van der Waals surface area contributed by atoms with Crippen molar-refractivity contribution in [3.63, 3.8) is 0 Å². The molecule has 71 heavy (non-hydrogen) atoms. The molecule has 0 radical (unpaired) electrons. The number of carbonyl (C=O) groups is 2. The van der Waals surface area contributed by atoms with Crippen molar-refractivity contribution in [1.82, 2.24) is 0 Å². The second-order valence-corrected chi connectivity index (χ2v) is 26.3. The smallest absolute Gasteiger partial charge is 0.306 e. The van der Waals surface area contributed by atoms with Gasteiger partial charge in [0.2, 0.25) is 0 Å². The lowest BCUT2D eigenvalue weighted by Crippen LogP contribution is -2.18. The minimum absolute atomic E-state index is 0.129. The van der Waals surface area contributed by atoms with Crippen LogP contribution in [0.4, 0.5) is 0 Å². The van der Waals surface area contributed by atoms with Crippen LogP contribution in [-0.4, -0.2) is 45.6 Å². The number of hydrogen-bond acceptors (Lipinski definition) is 8. The van der Waals surface area contributed by atoms with E-state index in [1.807, 2.05) is 36.4 Å². The van der Waals surface area contributed by atoms with E-state index in [2.05, 4.69) is 151 Å². The molecule has 8 heteroatoms. The van der Waals surface area contributed by atoms with Crippen LogP contribution >= 0.6 is 0 Å². The van der Waals surface area contributed by atoms with Crippen LogP contribution in [0.15, 0.2) is 48.5 Å². The first-order valence-corrected chi connectivity index (χ1v) is 26.0. The second-order valence-electron chi connectivity index (χ2n) is 26.3. The Bertz CT molecular complexity index is 2210. The van der Waals surface area contributed by atoms with Crippen LogP contribution in [0.2, 0.25) is 0 Å². The van der Waals surface area contributed by atoms with Gasteiger partial charge in [-0.2, -0.15) is 0 Å². The molecule has 394 valence electrons. The lowest BCUT2D eigenvalue weighted by atomic mass is 9.78. The average Bonchev–Trinajstić information content (AvgIpc) is 3.21. The van der Waals surface area contributed by atoms with E-state index in [9.17, 15) is 30.0 Å². The summed E-state index contributed by atoms with van der Waals surface area (Å²) in [6, 6.07) is 16.2. The van der Waals surface area contributed by atoms with E-state index >= 15 is 0 Å². The molecular formula is C63H94O8. The van der Waals surface area contributed by atoms with Crippen molar-refractivity contribution in [1.29, 1.82) is 0 Å².